The van der Waals surface area contributed by atoms with Crippen molar-refractivity contribution in [2.24, 2.45) is 0 Å². The van der Waals surface area contributed by atoms with Crippen LogP contribution in [0, 0.1) is 0 Å². The number of carbonyl (C=O) groups is 2. The molecule has 0 saturated heterocycles. The number of rotatable bonds is 6. The van der Waals surface area contributed by atoms with Gasteiger partial charge in [0.05, 0.1) is 14.2 Å². The van der Waals surface area contributed by atoms with Crippen LogP contribution >= 0.6 is 0 Å². The van der Waals surface area contributed by atoms with Crippen molar-refractivity contribution in [1.82, 2.24) is 4.90 Å². The summed E-state index contributed by atoms with van der Waals surface area (Å²) in [5, 5.41) is 2.89. The van der Waals surface area contributed by atoms with Crippen LogP contribution in [-0.2, 0) is 11.3 Å². The molecule has 0 spiro atoms. The van der Waals surface area contributed by atoms with Gasteiger partial charge in [-0.3, -0.25) is 9.59 Å². The highest BCUT2D eigenvalue weighted by atomic mass is 16.5. The number of carbonyl (C=O) groups excluding carboxylic acids is 2. The fourth-order valence-corrected chi connectivity index (χ4v) is 3.31. The lowest BCUT2D eigenvalue weighted by atomic mass is 10.1. The fourth-order valence-electron chi connectivity index (χ4n) is 3.31. The minimum absolute atomic E-state index is 0.0153. The lowest BCUT2D eigenvalue weighted by Gasteiger charge is -2.26. The standard InChI is InChI=1S/C22H26N2O5/c1-5-14(2)24-12-15-11-16(9-10-17(15)29-13-20(24)25)23-22(26)21-18(27-3)7-6-8-19(21)28-4/h6-11,14H,5,12-13H2,1-4H3,(H,23,26). The number of fused-ring (bicyclic) bond motifs is 1. The Labute approximate surface area is 170 Å². The molecule has 1 atom stereocenters. The molecule has 154 valence electrons. The molecule has 7 heteroatoms. The van der Waals surface area contributed by atoms with E-state index in [1.165, 1.54) is 14.2 Å². The Hall–Kier alpha value is -3.22. The van der Waals surface area contributed by atoms with E-state index in [9.17, 15) is 9.59 Å². The molecule has 1 N–H and O–H groups in total. The molecule has 7 nitrogen and oxygen atoms in total. The average molecular weight is 398 g/mol. The van der Waals surface area contributed by atoms with E-state index in [2.05, 4.69) is 5.32 Å². The Morgan fingerprint density at radius 1 is 1.21 bits per heavy atom. The molecule has 2 amide bonds. The summed E-state index contributed by atoms with van der Waals surface area (Å²) in [7, 11) is 3.01. The molecule has 3 rings (SSSR count). The molecule has 2 aromatic rings. The topological polar surface area (TPSA) is 77.1 Å². The highest BCUT2D eigenvalue weighted by Gasteiger charge is 2.25. The number of benzene rings is 2. The number of nitrogens with zero attached hydrogens (tertiary/aromatic N) is 1. The zero-order valence-electron chi connectivity index (χ0n) is 17.2. The monoisotopic (exact) mass is 398 g/mol. The first-order chi connectivity index (χ1) is 14.0. The molecule has 0 bridgehead atoms. The Kier molecular flexibility index (Phi) is 6.26. The van der Waals surface area contributed by atoms with Crippen molar-refractivity contribution in [3.05, 3.63) is 47.5 Å². The average Bonchev–Trinajstić information content (AvgIpc) is 2.91. The number of methoxy groups -OCH3 is 2. The normalized spacial score (nSPS) is 14.3. The second kappa shape index (κ2) is 8.86. The third kappa shape index (κ3) is 4.29. The van der Waals surface area contributed by atoms with Gasteiger partial charge in [0.1, 0.15) is 22.8 Å². The number of nitrogens with one attached hydrogen (secondary N) is 1. The van der Waals surface area contributed by atoms with Crippen LogP contribution in [0.15, 0.2) is 36.4 Å². The van der Waals surface area contributed by atoms with Gasteiger partial charge in [0.25, 0.3) is 11.8 Å². The van der Waals surface area contributed by atoms with Crippen LogP contribution in [0.1, 0.15) is 36.2 Å². The third-order valence-corrected chi connectivity index (χ3v) is 5.11. The van der Waals surface area contributed by atoms with E-state index in [-0.39, 0.29) is 24.5 Å². The second-order valence-corrected chi connectivity index (χ2v) is 6.88. The maximum absolute atomic E-state index is 12.9. The summed E-state index contributed by atoms with van der Waals surface area (Å²) >= 11 is 0. The van der Waals surface area contributed by atoms with Crippen molar-refractivity contribution < 1.29 is 23.8 Å². The number of amides is 2. The van der Waals surface area contributed by atoms with Crippen LogP contribution < -0.4 is 19.5 Å². The third-order valence-electron chi connectivity index (χ3n) is 5.11. The number of ether oxygens (including phenoxy) is 3. The summed E-state index contributed by atoms with van der Waals surface area (Å²) in [6.07, 6.45) is 0.852. The zero-order chi connectivity index (χ0) is 21.0. The quantitative estimate of drug-likeness (QED) is 0.806. The number of hydrogen-bond acceptors (Lipinski definition) is 5. The molecule has 1 unspecified atom stereocenters. The second-order valence-electron chi connectivity index (χ2n) is 6.88. The minimum atomic E-state index is -0.344. The smallest absolute Gasteiger partial charge is 0.263 e. The van der Waals surface area contributed by atoms with Gasteiger partial charge in [0.15, 0.2) is 6.61 Å². The molecule has 1 aliphatic rings. The lowest BCUT2D eigenvalue weighted by Crippen LogP contribution is -2.39. The van der Waals surface area contributed by atoms with Crippen molar-refractivity contribution in [2.45, 2.75) is 32.9 Å². The summed E-state index contributed by atoms with van der Waals surface area (Å²) < 4.78 is 16.3. The maximum atomic E-state index is 12.9. The molecule has 0 aromatic heterocycles. The zero-order valence-corrected chi connectivity index (χ0v) is 17.2. The predicted molar refractivity (Wildman–Crippen MR) is 110 cm³/mol. The summed E-state index contributed by atoms with van der Waals surface area (Å²) in [5.41, 5.74) is 1.77. The van der Waals surface area contributed by atoms with E-state index in [0.717, 1.165) is 12.0 Å². The summed E-state index contributed by atoms with van der Waals surface area (Å²) in [4.78, 5) is 27.1. The molecule has 2 aromatic carbocycles. The van der Waals surface area contributed by atoms with E-state index in [4.69, 9.17) is 14.2 Å². The van der Waals surface area contributed by atoms with Crippen molar-refractivity contribution >= 4 is 17.5 Å². The van der Waals surface area contributed by atoms with Gasteiger partial charge in [0.2, 0.25) is 0 Å². The molecular formula is C22H26N2O5. The van der Waals surface area contributed by atoms with Crippen LogP contribution in [0.3, 0.4) is 0 Å². The molecule has 0 radical (unpaired) electrons. The highest BCUT2D eigenvalue weighted by molar-refractivity contribution is 6.08. The van der Waals surface area contributed by atoms with Gasteiger partial charge in [0, 0.05) is 23.8 Å². The van der Waals surface area contributed by atoms with Gasteiger partial charge in [-0.1, -0.05) is 13.0 Å². The van der Waals surface area contributed by atoms with E-state index in [0.29, 0.717) is 35.0 Å². The van der Waals surface area contributed by atoms with Crippen LogP contribution in [0.2, 0.25) is 0 Å². The van der Waals surface area contributed by atoms with Gasteiger partial charge in [-0.25, -0.2) is 0 Å². The fraction of sp³-hybridized carbons (Fsp3) is 0.364. The van der Waals surface area contributed by atoms with Crippen molar-refractivity contribution in [3.63, 3.8) is 0 Å². The minimum Gasteiger partial charge on any atom is -0.496 e. The van der Waals surface area contributed by atoms with Crippen LogP contribution in [-0.4, -0.2) is 43.6 Å². The first kappa shape index (κ1) is 20.5. The van der Waals surface area contributed by atoms with Crippen molar-refractivity contribution in [1.29, 1.82) is 0 Å². The van der Waals surface area contributed by atoms with E-state index in [1.807, 2.05) is 19.9 Å². The van der Waals surface area contributed by atoms with Gasteiger partial charge >= 0.3 is 0 Å². The lowest BCUT2D eigenvalue weighted by molar-refractivity contribution is -0.135. The van der Waals surface area contributed by atoms with Crippen LogP contribution in [0.5, 0.6) is 17.2 Å². The predicted octanol–water partition coefficient (Wildman–Crippen LogP) is 3.48. The van der Waals surface area contributed by atoms with Gasteiger partial charge in [-0.2, -0.15) is 0 Å². The van der Waals surface area contributed by atoms with Gasteiger partial charge in [-0.05, 0) is 43.7 Å². The molecule has 1 aliphatic heterocycles. The molecule has 29 heavy (non-hydrogen) atoms. The number of anilines is 1. The molecule has 0 aliphatic carbocycles. The first-order valence-electron chi connectivity index (χ1n) is 9.56. The Morgan fingerprint density at radius 3 is 2.52 bits per heavy atom. The number of hydrogen-bond donors (Lipinski definition) is 1. The van der Waals surface area contributed by atoms with Crippen molar-refractivity contribution in [2.75, 3.05) is 26.1 Å². The Bertz CT molecular complexity index is 890. The molecular weight excluding hydrogens is 372 g/mol. The van der Waals surface area contributed by atoms with E-state index >= 15 is 0 Å². The van der Waals surface area contributed by atoms with E-state index in [1.54, 1.807) is 35.2 Å². The van der Waals surface area contributed by atoms with Crippen molar-refractivity contribution in [3.8, 4) is 17.2 Å². The first-order valence-corrected chi connectivity index (χ1v) is 9.56. The Balaban J connectivity index is 1.88. The van der Waals surface area contributed by atoms with Crippen LogP contribution in [0.25, 0.3) is 0 Å². The van der Waals surface area contributed by atoms with Gasteiger partial charge in [-0.15, -0.1) is 0 Å². The molecule has 0 saturated carbocycles. The SMILES string of the molecule is CCC(C)N1Cc2cc(NC(=O)c3c(OC)cccc3OC)ccc2OCC1=O. The summed E-state index contributed by atoms with van der Waals surface area (Å²) in [6.45, 7) is 4.51. The van der Waals surface area contributed by atoms with Gasteiger partial charge < -0.3 is 24.4 Å². The summed E-state index contributed by atoms with van der Waals surface area (Å²) in [5.74, 6) is 1.11. The maximum Gasteiger partial charge on any atom is 0.263 e. The summed E-state index contributed by atoms with van der Waals surface area (Å²) in [6, 6.07) is 10.6. The highest BCUT2D eigenvalue weighted by Crippen LogP contribution is 2.31. The molecule has 1 heterocycles. The Morgan fingerprint density at radius 2 is 1.90 bits per heavy atom. The van der Waals surface area contributed by atoms with E-state index < -0.39 is 0 Å². The largest absolute Gasteiger partial charge is 0.496 e. The van der Waals surface area contributed by atoms with Crippen LogP contribution in [0.4, 0.5) is 5.69 Å². The molecule has 0 fully saturated rings.